The van der Waals surface area contributed by atoms with E-state index in [9.17, 15) is 4.79 Å². The molecule has 3 nitrogen and oxygen atoms in total. The maximum absolute atomic E-state index is 10.4. The molecule has 0 bridgehead atoms. The monoisotopic (exact) mass is 159 g/mol. The Hall–Kier alpha value is -0.570. The molecule has 0 aromatic rings. The molecule has 0 saturated carbocycles. The maximum Gasteiger partial charge on any atom is 0.303 e. The van der Waals surface area contributed by atoms with Crippen LogP contribution in [-0.2, 0) is 9.53 Å². The lowest BCUT2D eigenvalue weighted by atomic mass is 10.4. The molecule has 0 spiro atoms. The summed E-state index contributed by atoms with van der Waals surface area (Å²) in [5.74, 6) is -0.188. The average molecular weight is 159 g/mol. The van der Waals surface area contributed by atoms with Gasteiger partial charge in [-0.2, -0.15) is 0 Å². The molecule has 1 saturated heterocycles. The summed E-state index contributed by atoms with van der Waals surface area (Å²) in [6.07, 6.45) is 2.47. The number of esters is 1. The predicted molar refractivity (Wildman–Crippen MR) is 44.2 cm³/mol. The molecule has 0 N–H and O–H groups in total. The Labute approximate surface area is 68.3 Å². The van der Waals surface area contributed by atoms with Crippen molar-refractivity contribution in [1.82, 2.24) is 4.90 Å². The van der Waals surface area contributed by atoms with E-state index < -0.39 is 0 Å². The number of carbonyl (C=O) groups is 1. The molecule has 0 aliphatic carbocycles. The molecule has 0 atom stereocenters. The molecule has 1 fully saturated rings. The maximum atomic E-state index is 10.4. The molecule has 0 unspecified atom stereocenters. The zero-order valence-electron chi connectivity index (χ0n) is 6.30. The van der Waals surface area contributed by atoms with Crippen LogP contribution in [0.2, 0.25) is 0 Å². The SMILES string of the molecule is C.CC(=O)OCN1CCCC1. The lowest BCUT2D eigenvalue weighted by Gasteiger charge is -2.12. The van der Waals surface area contributed by atoms with Gasteiger partial charge < -0.3 is 4.74 Å². The van der Waals surface area contributed by atoms with Crippen LogP contribution in [0.15, 0.2) is 0 Å². The van der Waals surface area contributed by atoms with Crippen molar-refractivity contribution in [3.63, 3.8) is 0 Å². The van der Waals surface area contributed by atoms with Gasteiger partial charge >= 0.3 is 5.97 Å². The first kappa shape index (κ1) is 10.4. The molecule has 66 valence electrons. The van der Waals surface area contributed by atoms with Gasteiger partial charge in [0.2, 0.25) is 0 Å². The van der Waals surface area contributed by atoms with Crippen LogP contribution in [0.25, 0.3) is 0 Å². The zero-order valence-corrected chi connectivity index (χ0v) is 6.30. The molecule has 1 aliphatic rings. The number of carbonyl (C=O) groups excluding carboxylic acids is 1. The second-order valence-electron chi connectivity index (χ2n) is 2.59. The van der Waals surface area contributed by atoms with E-state index in [0.717, 1.165) is 13.1 Å². The van der Waals surface area contributed by atoms with E-state index in [0.29, 0.717) is 6.73 Å². The highest BCUT2D eigenvalue weighted by molar-refractivity contribution is 5.65. The van der Waals surface area contributed by atoms with Crippen molar-refractivity contribution < 1.29 is 9.53 Å². The minimum absolute atomic E-state index is 0. The largest absolute Gasteiger partial charge is 0.450 e. The topological polar surface area (TPSA) is 29.5 Å². The summed E-state index contributed by atoms with van der Waals surface area (Å²) < 4.78 is 4.81. The molecule has 0 radical (unpaired) electrons. The normalized spacial score (nSPS) is 17.5. The second kappa shape index (κ2) is 5.13. The second-order valence-corrected chi connectivity index (χ2v) is 2.59. The summed E-state index contributed by atoms with van der Waals surface area (Å²) in [5.41, 5.74) is 0. The Balaban J connectivity index is 0.000001000. The van der Waals surface area contributed by atoms with Crippen LogP contribution < -0.4 is 0 Å². The molecule has 0 aromatic carbocycles. The van der Waals surface area contributed by atoms with E-state index in [1.807, 2.05) is 0 Å². The van der Waals surface area contributed by atoms with Crippen molar-refractivity contribution in [2.75, 3.05) is 19.8 Å². The first-order valence-corrected chi connectivity index (χ1v) is 3.65. The first-order chi connectivity index (χ1) is 4.79. The third kappa shape index (κ3) is 3.98. The van der Waals surface area contributed by atoms with E-state index in [1.54, 1.807) is 0 Å². The van der Waals surface area contributed by atoms with Gasteiger partial charge in [0.05, 0.1) is 0 Å². The van der Waals surface area contributed by atoms with E-state index >= 15 is 0 Å². The standard InChI is InChI=1S/C7H13NO2.CH4/c1-7(9)10-6-8-4-2-3-5-8;/h2-6H2,1H3;1H4. The minimum Gasteiger partial charge on any atom is -0.450 e. The van der Waals surface area contributed by atoms with E-state index in [1.165, 1.54) is 19.8 Å². The first-order valence-electron chi connectivity index (χ1n) is 3.65. The third-order valence-corrected chi connectivity index (χ3v) is 1.65. The number of ether oxygens (including phenoxy) is 1. The molecule has 1 heterocycles. The van der Waals surface area contributed by atoms with Crippen molar-refractivity contribution >= 4 is 5.97 Å². The fourth-order valence-corrected chi connectivity index (χ4v) is 1.09. The Morgan fingerprint density at radius 1 is 1.45 bits per heavy atom. The van der Waals surface area contributed by atoms with Crippen LogP contribution in [0.4, 0.5) is 0 Å². The molecule has 3 heteroatoms. The molecule has 0 aromatic heterocycles. The lowest BCUT2D eigenvalue weighted by molar-refractivity contribution is -0.145. The summed E-state index contributed by atoms with van der Waals surface area (Å²) in [6, 6.07) is 0. The van der Waals surface area contributed by atoms with Gasteiger partial charge in [-0.3, -0.25) is 9.69 Å². The Kier molecular flexibility index (Phi) is 4.86. The van der Waals surface area contributed by atoms with Crippen LogP contribution >= 0.6 is 0 Å². The molecule has 1 rings (SSSR count). The highest BCUT2D eigenvalue weighted by Gasteiger charge is 2.11. The minimum atomic E-state index is -0.188. The molecule has 11 heavy (non-hydrogen) atoms. The number of rotatable bonds is 2. The highest BCUT2D eigenvalue weighted by atomic mass is 16.5. The van der Waals surface area contributed by atoms with Gasteiger partial charge in [0.25, 0.3) is 0 Å². The van der Waals surface area contributed by atoms with Gasteiger partial charge in [0.1, 0.15) is 6.73 Å². The molecular weight excluding hydrogens is 142 g/mol. The van der Waals surface area contributed by atoms with Gasteiger partial charge in [0, 0.05) is 20.0 Å². The zero-order chi connectivity index (χ0) is 7.40. The van der Waals surface area contributed by atoms with Crippen molar-refractivity contribution in [3.05, 3.63) is 0 Å². The number of hydrogen-bond acceptors (Lipinski definition) is 3. The van der Waals surface area contributed by atoms with E-state index in [-0.39, 0.29) is 13.4 Å². The average Bonchev–Trinajstić information content (AvgIpc) is 2.34. The van der Waals surface area contributed by atoms with Crippen molar-refractivity contribution in [2.45, 2.75) is 27.2 Å². The number of likely N-dealkylation sites (tertiary alicyclic amines) is 1. The van der Waals surface area contributed by atoms with Crippen molar-refractivity contribution in [3.8, 4) is 0 Å². The van der Waals surface area contributed by atoms with Crippen LogP contribution in [0.5, 0.6) is 0 Å². The van der Waals surface area contributed by atoms with Crippen LogP contribution in [0.3, 0.4) is 0 Å². The third-order valence-electron chi connectivity index (χ3n) is 1.65. The molecular formula is C8H17NO2. The summed E-state index contributed by atoms with van der Waals surface area (Å²) in [5, 5.41) is 0. The van der Waals surface area contributed by atoms with Gasteiger partial charge in [-0.05, 0) is 12.8 Å². The Bertz CT molecular complexity index is 119. The summed E-state index contributed by atoms with van der Waals surface area (Å²) in [6.45, 7) is 4.08. The summed E-state index contributed by atoms with van der Waals surface area (Å²) in [4.78, 5) is 12.5. The van der Waals surface area contributed by atoms with Crippen molar-refractivity contribution in [2.24, 2.45) is 0 Å². The van der Waals surface area contributed by atoms with Crippen molar-refractivity contribution in [1.29, 1.82) is 0 Å². The van der Waals surface area contributed by atoms with E-state index in [2.05, 4.69) is 4.90 Å². The van der Waals surface area contributed by atoms with Crippen LogP contribution in [0, 0.1) is 0 Å². The molecule has 1 aliphatic heterocycles. The van der Waals surface area contributed by atoms with Crippen LogP contribution in [-0.4, -0.2) is 30.7 Å². The highest BCUT2D eigenvalue weighted by Crippen LogP contribution is 2.06. The fraction of sp³-hybridized carbons (Fsp3) is 0.875. The Morgan fingerprint density at radius 2 is 2.00 bits per heavy atom. The van der Waals surface area contributed by atoms with Crippen LogP contribution in [0.1, 0.15) is 27.2 Å². The number of hydrogen-bond donors (Lipinski definition) is 0. The Morgan fingerprint density at radius 3 is 2.45 bits per heavy atom. The molecule has 0 amide bonds. The number of nitrogens with zero attached hydrogens (tertiary/aromatic N) is 1. The van der Waals surface area contributed by atoms with Gasteiger partial charge in [-0.25, -0.2) is 0 Å². The smallest absolute Gasteiger partial charge is 0.303 e. The van der Waals surface area contributed by atoms with E-state index in [4.69, 9.17) is 4.74 Å². The fourth-order valence-electron chi connectivity index (χ4n) is 1.09. The predicted octanol–water partition coefficient (Wildman–Crippen LogP) is 1.24. The lowest BCUT2D eigenvalue weighted by Crippen LogP contribution is -2.23. The summed E-state index contributed by atoms with van der Waals surface area (Å²) >= 11 is 0. The van der Waals surface area contributed by atoms with Gasteiger partial charge in [0.15, 0.2) is 0 Å². The van der Waals surface area contributed by atoms with Gasteiger partial charge in [-0.1, -0.05) is 7.43 Å². The summed E-state index contributed by atoms with van der Waals surface area (Å²) in [7, 11) is 0. The van der Waals surface area contributed by atoms with Gasteiger partial charge in [-0.15, -0.1) is 0 Å². The quantitative estimate of drug-likeness (QED) is 0.568.